The predicted octanol–water partition coefficient (Wildman–Crippen LogP) is 2.13. The highest BCUT2D eigenvalue weighted by molar-refractivity contribution is 7.91. The zero-order chi connectivity index (χ0) is 16.4. The Hall–Kier alpha value is -2.54. The molecular weight excluding hydrogens is 316 g/mol. The number of benzene rings is 2. The molecule has 1 aliphatic rings. The molecule has 120 valence electrons. The molecule has 0 unspecified atom stereocenters. The van der Waals surface area contributed by atoms with Crippen LogP contribution in [-0.4, -0.2) is 21.4 Å². The average Bonchev–Trinajstić information content (AvgIpc) is 2.86. The number of fused-ring (bicyclic) bond motifs is 1. The number of sulfonamides is 1. The predicted molar refractivity (Wildman–Crippen MR) is 88.0 cm³/mol. The summed E-state index contributed by atoms with van der Waals surface area (Å²) in [6, 6.07) is 11.9. The molecule has 3 rings (SSSR count). The first-order valence-electron chi connectivity index (χ1n) is 7.01. The molecule has 0 radical (unpaired) electrons. The summed E-state index contributed by atoms with van der Waals surface area (Å²) in [5.74, 6) is 0.457. The molecule has 1 aliphatic heterocycles. The lowest BCUT2D eigenvalue weighted by Crippen LogP contribution is -2.15. The van der Waals surface area contributed by atoms with E-state index in [0.29, 0.717) is 17.0 Å². The van der Waals surface area contributed by atoms with Gasteiger partial charge in [0.15, 0.2) is 0 Å². The third-order valence-electron chi connectivity index (χ3n) is 3.52. The molecule has 2 aromatic carbocycles. The first-order valence-corrected chi connectivity index (χ1v) is 8.66. The van der Waals surface area contributed by atoms with Crippen LogP contribution in [0.4, 0.5) is 11.4 Å². The second-order valence-electron chi connectivity index (χ2n) is 5.31. The van der Waals surface area contributed by atoms with Crippen molar-refractivity contribution in [2.75, 3.05) is 17.1 Å². The first-order chi connectivity index (χ1) is 10.9. The Bertz CT molecular complexity index is 845. The van der Waals surface area contributed by atoms with Gasteiger partial charge < -0.3 is 10.1 Å². The second-order valence-corrected chi connectivity index (χ2v) is 7.03. The Labute approximate surface area is 134 Å². The molecule has 2 N–H and O–H groups in total. The van der Waals surface area contributed by atoms with Crippen LogP contribution in [0.25, 0.3) is 0 Å². The van der Waals surface area contributed by atoms with Crippen molar-refractivity contribution in [1.29, 1.82) is 0 Å². The third kappa shape index (κ3) is 3.62. The molecule has 0 saturated heterocycles. The Morgan fingerprint density at radius 1 is 1.17 bits per heavy atom. The highest BCUT2D eigenvalue weighted by Crippen LogP contribution is 2.26. The molecule has 0 fully saturated rings. The van der Waals surface area contributed by atoms with Gasteiger partial charge >= 0.3 is 0 Å². The van der Waals surface area contributed by atoms with E-state index in [9.17, 15) is 13.2 Å². The van der Waals surface area contributed by atoms with Gasteiger partial charge in [-0.25, -0.2) is 8.42 Å². The highest BCUT2D eigenvalue weighted by atomic mass is 32.2. The van der Waals surface area contributed by atoms with Crippen molar-refractivity contribution in [3.63, 3.8) is 0 Å². The summed E-state index contributed by atoms with van der Waals surface area (Å²) in [6.45, 7) is 0. The Morgan fingerprint density at radius 3 is 2.61 bits per heavy atom. The maximum Gasteiger partial charge on any atom is 0.236 e. The zero-order valence-electron chi connectivity index (χ0n) is 12.5. The van der Waals surface area contributed by atoms with Gasteiger partial charge in [-0.15, -0.1) is 0 Å². The molecule has 0 aliphatic carbocycles. The van der Waals surface area contributed by atoms with Crippen LogP contribution < -0.4 is 14.8 Å². The maximum atomic E-state index is 12.3. The fourth-order valence-corrected chi connectivity index (χ4v) is 3.64. The maximum absolute atomic E-state index is 12.3. The summed E-state index contributed by atoms with van der Waals surface area (Å²) in [5.41, 5.74) is 2.64. The van der Waals surface area contributed by atoms with Crippen LogP contribution in [-0.2, 0) is 27.0 Å². The van der Waals surface area contributed by atoms with Crippen LogP contribution in [0.2, 0.25) is 0 Å². The molecular formula is C16H16N2O4S. The van der Waals surface area contributed by atoms with Gasteiger partial charge in [0.25, 0.3) is 0 Å². The quantitative estimate of drug-likeness (QED) is 0.878. The second kappa shape index (κ2) is 5.92. The van der Waals surface area contributed by atoms with E-state index in [1.807, 2.05) is 0 Å². The molecule has 1 heterocycles. The van der Waals surface area contributed by atoms with Crippen molar-refractivity contribution in [3.05, 3.63) is 53.6 Å². The van der Waals surface area contributed by atoms with Crippen LogP contribution in [0, 0.1) is 0 Å². The van der Waals surface area contributed by atoms with Crippen LogP contribution in [0.5, 0.6) is 5.75 Å². The molecule has 7 heteroatoms. The lowest BCUT2D eigenvalue weighted by atomic mass is 10.1. The number of carbonyl (C=O) groups excluding carboxylic acids is 1. The molecule has 0 bridgehead atoms. The molecule has 1 amide bonds. The topological polar surface area (TPSA) is 84.5 Å². The average molecular weight is 332 g/mol. The number of anilines is 2. The monoisotopic (exact) mass is 332 g/mol. The third-order valence-corrected chi connectivity index (χ3v) is 4.78. The Kier molecular flexibility index (Phi) is 3.96. The molecule has 0 saturated carbocycles. The number of nitrogens with one attached hydrogen (secondary N) is 2. The lowest BCUT2D eigenvalue weighted by molar-refractivity contribution is -0.115. The van der Waals surface area contributed by atoms with E-state index in [1.54, 1.807) is 49.6 Å². The lowest BCUT2D eigenvalue weighted by Gasteiger charge is -2.10. The van der Waals surface area contributed by atoms with Gasteiger partial charge in [0.2, 0.25) is 15.9 Å². The van der Waals surface area contributed by atoms with Gasteiger partial charge in [0, 0.05) is 11.4 Å². The minimum absolute atomic E-state index is 0.0850. The van der Waals surface area contributed by atoms with Crippen molar-refractivity contribution >= 4 is 27.3 Å². The van der Waals surface area contributed by atoms with E-state index in [0.717, 1.165) is 11.3 Å². The number of carbonyl (C=O) groups is 1. The summed E-state index contributed by atoms with van der Waals surface area (Å²) in [4.78, 5) is 11.3. The van der Waals surface area contributed by atoms with E-state index in [4.69, 9.17) is 4.74 Å². The van der Waals surface area contributed by atoms with Crippen molar-refractivity contribution in [3.8, 4) is 5.75 Å². The fourth-order valence-electron chi connectivity index (χ4n) is 2.45. The summed E-state index contributed by atoms with van der Waals surface area (Å²) < 4.78 is 32.1. The van der Waals surface area contributed by atoms with Gasteiger partial charge in [0.1, 0.15) is 5.75 Å². The minimum Gasteiger partial charge on any atom is -0.497 e. The van der Waals surface area contributed by atoms with Crippen LogP contribution in [0.3, 0.4) is 0 Å². The van der Waals surface area contributed by atoms with Gasteiger partial charge in [-0.3, -0.25) is 9.52 Å². The number of amides is 1. The highest BCUT2D eigenvalue weighted by Gasteiger charge is 2.19. The van der Waals surface area contributed by atoms with Crippen molar-refractivity contribution < 1.29 is 17.9 Å². The van der Waals surface area contributed by atoms with Gasteiger partial charge in [-0.05, 0) is 41.5 Å². The normalized spacial score (nSPS) is 13.3. The first kappa shape index (κ1) is 15.4. The zero-order valence-corrected chi connectivity index (χ0v) is 13.3. The van der Waals surface area contributed by atoms with Crippen molar-refractivity contribution in [2.24, 2.45) is 0 Å². The molecule has 23 heavy (non-hydrogen) atoms. The number of hydrogen-bond acceptors (Lipinski definition) is 4. The van der Waals surface area contributed by atoms with Gasteiger partial charge in [-0.2, -0.15) is 0 Å². The summed E-state index contributed by atoms with van der Waals surface area (Å²) >= 11 is 0. The van der Waals surface area contributed by atoms with Gasteiger partial charge in [-0.1, -0.05) is 12.1 Å². The summed E-state index contributed by atoms with van der Waals surface area (Å²) in [6.07, 6.45) is 0.267. The van der Waals surface area contributed by atoms with E-state index >= 15 is 0 Å². The van der Waals surface area contributed by atoms with Crippen LogP contribution >= 0.6 is 0 Å². The standard InChI is InChI=1S/C16H16N2O4S/c1-22-14-5-2-11(3-6-14)10-23(20,21)18-13-4-7-15-12(8-13)9-16(19)17-15/h2-8,18H,9-10H2,1H3,(H,17,19). The summed E-state index contributed by atoms with van der Waals surface area (Å²) in [5, 5.41) is 2.71. The molecule has 2 aromatic rings. The smallest absolute Gasteiger partial charge is 0.236 e. The number of rotatable bonds is 5. The Balaban J connectivity index is 1.73. The molecule has 6 nitrogen and oxygen atoms in total. The largest absolute Gasteiger partial charge is 0.497 e. The van der Waals surface area contributed by atoms with Crippen molar-refractivity contribution in [2.45, 2.75) is 12.2 Å². The Morgan fingerprint density at radius 2 is 1.91 bits per heavy atom. The molecule has 0 atom stereocenters. The van der Waals surface area contributed by atoms with Crippen molar-refractivity contribution in [1.82, 2.24) is 0 Å². The van der Waals surface area contributed by atoms with E-state index in [2.05, 4.69) is 10.0 Å². The number of methoxy groups -OCH3 is 1. The van der Waals surface area contributed by atoms with E-state index in [-0.39, 0.29) is 18.1 Å². The molecule has 0 aromatic heterocycles. The fraction of sp³-hybridized carbons (Fsp3) is 0.188. The minimum atomic E-state index is -3.53. The molecule has 0 spiro atoms. The number of ether oxygens (including phenoxy) is 1. The van der Waals surface area contributed by atoms with E-state index in [1.165, 1.54) is 0 Å². The summed E-state index contributed by atoms with van der Waals surface area (Å²) in [7, 11) is -1.98. The van der Waals surface area contributed by atoms with Crippen LogP contribution in [0.15, 0.2) is 42.5 Å². The SMILES string of the molecule is COc1ccc(CS(=O)(=O)Nc2ccc3c(c2)CC(=O)N3)cc1. The van der Waals surface area contributed by atoms with Gasteiger partial charge in [0.05, 0.1) is 19.3 Å². The number of hydrogen-bond donors (Lipinski definition) is 2. The van der Waals surface area contributed by atoms with Crippen LogP contribution in [0.1, 0.15) is 11.1 Å². The van der Waals surface area contributed by atoms with E-state index < -0.39 is 10.0 Å².